The van der Waals surface area contributed by atoms with Crippen LogP contribution in [0.2, 0.25) is 0 Å². The molecule has 9 rings (SSSR count). The smallest absolute Gasteiger partial charge is 0.264 e. The number of pyridine rings is 2. The van der Waals surface area contributed by atoms with E-state index in [2.05, 4.69) is 51.3 Å². The van der Waals surface area contributed by atoms with Crippen LogP contribution in [0.3, 0.4) is 0 Å². The number of rotatable bonds is 17. The topological polar surface area (TPSA) is 220 Å². The van der Waals surface area contributed by atoms with E-state index in [1.807, 2.05) is 47.0 Å². The van der Waals surface area contributed by atoms with E-state index in [0.717, 1.165) is 89.9 Å². The molecule has 6 aromatic rings. The molecule has 2 aliphatic heterocycles. The summed E-state index contributed by atoms with van der Waals surface area (Å²) in [5, 5.41) is 8.59. The lowest BCUT2D eigenvalue weighted by Crippen LogP contribution is -2.54. The second-order valence-corrected chi connectivity index (χ2v) is 17.2. The van der Waals surface area contributed by atoms with E-state index in [4.69, 9.17) is 21.4 Å². The Morgan fingerprint density at radius 1 is 0.831 bits per heavy atom. The largest absolute Gasteiger partial charge is 0.384 e. The molecule has 0 bridgehead atoms. The zero-order chi connectivity index (χ0) is 45.1. The molecule has 1 aliphatic carbocycles. The quantitative estimate of drug-likeness (QED) is 0.0487. The van der Waals surface area contributed by atoms with Crippen molar-refractivity contribution in [1.82, 2.24) is 35.1 Å². The first-order valence-corrected chi connectivity index (χ1v) is 22.5. The molecule has 5 amide bonds. The van der Waals surface area contributed by atoms with Gasteiger partial charge < -0.3 is 22.1 Å². The number of nitrogens with two attached hydrogens (primary N) is 2. The molecule has 65 heavy (non-hydrogen) atoms. The second kappa shape index (κ2) is 18.5. The molecule has 3 aliphatic rings. The second-order valence-electron chi connectivity index (χ2n) is 17.2. The summed E-state index contributed by atoms with van der Waals surface area (Å²) in [6, 6.07) is 28.2. The zero-order valence-corrected chi connectivity index (χ0v) is 36.1. The highest BCUT2D eigenvalue weighted by molar-refractivity contribution is 6.25. The van der Waals surface area contributed by atoms with Crippen LogP contribution in [0.25, 0.3) is 39.5 Å². The third kappa shape index (κ3) is 8.83. The highest BCUT2D eigenvalue weighted by Gasteiger charge is 2.45. The Hall–Kier alpha value is -7.26. The summed E-state index contributed by atoms with van der Waals surface area (Å²) in [5.74, 6) is -1.04. The van der Waals surface area contributed by atoms with Gasteiger partial charge in [0.1, 0.15) is 17.4 Å². The van der Waals surface area contributed by atoms with Crippen molar-refractivity contribution < 1.29 is 24.0 Å². The molecular weight excluding hydrogens is 821 g/mol. The Labute approximate surface area is 376 Å². The lowest BCUT2D eigenvalue weighted by molar-refractivity contribution is -0.136. The predicted molar refractivity (Wildman–Crippen MR) is 248 cm³/mol. The number of fused-ring (bicyclic) bond motifs is 2. The fourth-order valence-electron chi connectivity index (χ4n) is 9.06. The van der Waals surface area contributed by atoms with E-state index in [9.17, 15) is 24.0 Å². The van der Waals surface area contributed by atoms with Gasteiger partial charge in [0.05, 0.1) is 22.4 Å². The highest BCUT2D eigenvalue weighted by atomic mass is 16.2. The maximum absolute atomic E-state index is 13.3. The molecule has 7 N–H and O–H groups in total. The van der Waals surface area contributed by atoms with Gasteiger partial charge in [-0.25, -0.2) is 15.0 Å². The maximum atomic E-state index is 13.3. The molecule has 1 unspecified atom stereocenters. The Morgan fingerprint density at radius 2 is 1.60 bits per heavy atom. The Balaban J connectivity index is 0.746. The lowest BCUT2D eigenvalue weighted by Gasteiger charge is -2.38. The van der Waals surface area contributed by atoms with Gasteiger partial charge in [0.25, 0.3) is 11.8 Å². The van der Waals surface area contributed by atoms with Crippen LogP contribution in [0.4, 0.5) is 11.5 Å². The standard InChI is InChI=1S/C50H52N10O5/c51-44-36(13-8-29-55-44)45-57-39-21-20-37(56-46(39)59(45)34-18-16-33(17-19-34)50(52)25-9-26-50)32-11-6-10-31(30-32)15-23-41(61)54-28-5-3-1-2-4-27-53-38-14-7-12-35-43(38)49(65)60(48(35)64)40-22-24-42(62)58-47(40)63/h6-8,10-14,16-21,29-30,40,53H,1-5,9,15,22-28,52H2,(H2,51,55)(H,54,61)(H,58,62,63). The van der Waals surface area contributed by atoms with Crippen LogP contribution in [0.1, 0.15) is 102 Å². The van der Waals surface area contributed by atoms with Crippen molar-refractivity contribution >= 4 is 52.2 Å². The average molecular weight is 873 g/mol. The fraction of sp³-hybridized carbons (Fsp3) is 0.320. The third-order valence-electron chi connectivity index (χ3n) is 12.9. The first-order chi connectivity index (χ1) is 31.6. The van der Waals surface area contributed by atoms with Crippen LogP contribution in [0.5, 0.6) is 0 Å². The van der Waals surface area contributed by atoms with Gasteiger partial charge in [0.2, 0.25) is 17.7 Å². The van der Waals surface area contributed by atoms with E-state index in [1.165, 1.54) is 0 Å². The minimum Gasteiger partial charge on any atom is -0.384 e. The van der Waals surface area contributed by atoms with Crippen molar-refractivity contribution in [2.45, 2.75) is 88.6 Å². The molecule has 5 heterocycles. The molecule has 1 atom stereocenters. The molecule has 1 saturated heterocycles. The van der Waals surface area contributed by atoms with Gasteiger partial charge in [0, 0.05) is 54.6 Å². The van der Waals surface area contributed by atoms with Gasteiger partial charge in [-0.2, -0.15) is 0 Å². The number of unbranched alkanes of at least 4 members (excludes halogenated alkanes) is 4. The van der Waals surface area contributed by atoms with Crippen LogP contribution in [-0.2, 0) is 26.3 Å². The number of carbonyl (C=O) groups excluding carboxylic acids is 5. The summed E-state index contributed by atoms with van der Waals surface area (Å²) in [5.41, 5.74) is 20.7. The van der Waals surface area contributed by atoms with E-state index in [0.29, 0.717) is 54.5 Å². The number of benzene rings is 3. The molecule has 332 valence electrons. The number of piperidine rings is 1. The lowest BCUT2D eigenvalue weighted by atomic mass is 9.73. The number of hydrogen-bond acceptors (Lipinski definition) is 11. The molecule has 0 spiro atoms. The van der Waals surface area contributed by atoms with E-state index >= 15 is 0 Å². The number of nitrogen functional groups attached to an aromatic ring is 1. The normalized spacial score (nSPS) is 16.6. The van der Waals surface area contributed by atoms with Crippen LogP contribution in [0, 0.1) is 0 Å². The minimum absolute atomic E-state index is 0.00808. The number of carbonyl (C=O) groups is 5. The zero-order valence-electron chi connectivity index (χ0n) is 36.1. The van der Waals surface area contributed by atoms with Crippen molar-refractivity contribution in [1.29, 1.82) is 0 Å². The molecule has 3 aromatic heterocycles. The minimum atomic E-state index is -1.000. The molecule has 0 radical (unpaired) electrons. The molecular formula is C50H52N10O5. The summed E-state index contributed by atoms with van der Waals surface area (Å²) in [6.45, 7) is 1.21. The highest BCUT2D eigenvalue weighted by Crippen LogP contribution is 2.40. The maximum Gasteiger partial charge on any atom is 0.264 e. The number of aromatic nitrogens is 4. The Kier molecular flexibility index (Phi) is 12.2. The molecule has 3 aromatic carbocycles. The first-order valence-electron chi connectivity index (χ1n) is 22.5. The molecule has 15 heteroatoms. The summed E-state index contributed by atoms with van der Waals surface area (Å²) >= 11 is 0. The monoisotopic (exact) mass is 872 g/mol. The predicted octanol–water partition coefficient (Wildman–Crippen LogP) is 6.58. The van der Waals surface area contributed by atoms with Crippen molar-refractivity contribution in [2.24, 2.45) is 5.73 Å². The van der Waals surface area contributed by atoms with Gasteiger partial charge >= 0.3 is 0 Å². The van der Waals surface area contributed by atoms with Gasteiger partial charge in [-0.15, -0.1) is 0 Å². The number of amides is 5. The van der Waals surface area contributed by atoms with Crippen LogP contribution < -0.4 is 27.4 Å². The number of imidazole rings is 1. The third-order valence-corrected chi connectivity index (χ3v) is 12.9. The Morgan fingerprint density at radius 3 is 2.37 bits per heavy atom. The SMILES string of the molecule is Nc1ncccc1-c1nc2ccc(-c3cccc(CCC(=O)NCCCCCCCNc4cccc5c4C(=O)N(C4CCC(=O)NC4=O)C5=O)c3)nc2n1-c1ccc(C2(N)CCC2)cc1. The van der Waals surface area contributed by atoms with Crippen LogP contribution >= 0.6 is 0 Å². The summed E-state index contributed by atoms with van der Waals surface area (Å²) < 4.78 is 2.03. The number of imide groups is 2. The van der Waals surface area contributed by atoms with Crippen LogP contribution in [0.15, 0.2) is 97.2 Å². The number of aryl methyl sites for hydroxylation is 1. The number of nitrogens with zero attached hydrogens (tertiary/aromatic N) is 5. The summed E-state index contributed by atoms with van der Waals surface area (Å²) in [6.07, 6.45) is 10.5. The summed E-state index contributed by atoms with van der Waals surface area (Å²) in [4.78, 5) is 78.8. The first kappa shape index (κ1) is 43.0. The molecule has 2 fully saturated rings. The van der Waals surface area contributed by atoms with Gasteiger partial charge in [-0.1, -0.05) is 55.7 Å². The van der Waals surface area contributed by atoms with Gasteiger partial charge in [-0.3, -0.25) is 38.8 Å². The van der Waals surface area contributed by atoms with Gasteiger partial charge in [0.15, 0.2) is 11.5 Å². The fourth-order valence-corrected chi connectivity index (χ4v) is 9.06. The van der Waals surface area contributed by atoms with E-state index < -0.39 is 29.7 Å². The van der Waals surface area contributed by atoms with E-state index in [-0.39, 0.29) is 35.4 Å². The molecule has 1 saturated carbocycles. The van der Waals surface area contributed by atoms with Gasteiger partial charge in [-0.05, 0) is 111 Å². The van der Waals surface area contributed by atoms with Crippen molar-refractivity contribution in [2.75, 3.05) is 24.1 Å². The number of hydrogen-bond donors (Lipinski definition) is 5. The van der Waals surface area contributed by atoms with Crippen molar-refractivity contribution in [3.05, 3.63) is 119 Å². The van der Waals surface area contributed by atoms with E-state index in [1.54, 1.807) is 24.4 Å². The van der Waals surface area contributed by atoms with Crippen LogP contribution in [-0.4, -0.2) is 73.1 Å². The van der Waals surface area contributed by atoms with Crippen molar-refractivity contribution in [3.8, 4) is 28.3 Å². The number of nitrogens with one attached hydrogen (secondary N) is 3. The summed E-state index contributed by atoms with van der Waals surface area (Å²) in [7, 11) is 0. The molecule has 15 nitrogen and oxygen atoms in total. The van der Waals surface area contributed by atoms with Crippen molar-refractivity contribution in [3.63, 3.8) is 0 Å². The number of anilines is 2. The Bertz CT molecular complexity index is 2820. The average Bonchev–Trinajstić information content (AvgIpc) is 3.80.